The standard InChI is InChI=1S/C19H22N2O5S/c1-10-12(3)27-18(21-17(23)13-6-7-13)16(10)19(24)26-9-15(22)20-11(2)14-5-4-8-25-14/h4-5,8,11,13H,6-7,9H2,1-3H3,(H,20,22)(H,21,23)/t11-/m0/s1. The number of anilines is 1. The summed E-state index contributed by atoms with van der Waals surface area (Å²) in [5, 5.41) is 6.00. The summed E-state index contributed by atoms with van der Waals surface area (Å²) in [4.78, 5) is 37.5. The van der Waals surface area contributed by atoms with Gasteiger partial charge in [0, 0.05) is 10.8 Å². The molecule has 0 aromatic carbocycles. The summed E-state index contributed by atoms with van der Waals surface area (Å²) >= 11 is 1.34. The Kier molecular flexibility index (Phi) is 5.65. The monoisotopic (exact) mass is 390 g/mol. The summed E-state index contributed by atoms with van der Waals surface area (Å²) in [5.74, 6) is -0.478. The second-order valence-electron chi connectivity index (χ2n) is 6.63. The van der Waals surface area contributed by atoms with Crippen molar-refractivity contribution in [1.82, 2.24) is 5.32 Å². The van der Waals surface area contributed by atoms with Crippen LogP contribution in [-0.4, -0.2) is 24.4 Å². The quantitative estimate of drug-likeness (QED) is 0.707. The molecule has 1 atom stereocenters. The normalized spacial score (nSPS) is 14.5. The molecule has 144 valence electrons. The van der Waals surface area contributed by atoms with Crippen LogP contribution in [0.5, 0.6) is 0 Å². The lowest BCUT2D eigenvalue weighted by Crippen LogP contribution is -2.31. The smallest absolute Gasteiger partial charge is 0.341 e. The Hall–Kier alpha value is -2.61. The van der Waals surface area contributed by atoms with Crippen LogP contribution in [0.25, 0.3) is 0 Å². The molecule has 1 saturated carbocycles. The first-order chi connectivity index (χ1) is 12.9. The maximum atomic E-state index is 12.5. The van der Waals surface area contributed by atoms with Crippen LogP contribution in [0.1, 0.15) is 52.4 Å². The molecule has 0 bridgehead atoms. The highest BCUT2D eigenvalue weighted by atomic mass is 32.1. The van der Waals surface area contributed by atoms with Crippen LogP contribution in [0, 0.1) is 19.8 Å². The average molecular weight is 390 g/mol. The number of furan rings is 1. The molecule has 1 fully saturated rings. The van der Waals surface area contributed by atoms with Crippen molar-refractivity contribution in [3.05, 3.63) is 40.2 Å². The Morgan fingerprint density at radius 1 is 1.33 bits per heavy atom. The molecule has 27 heavy (non-hydrogen) atoms. The maximum Gasteiger partial charge on any atom is 0.341 e. The Morgan fingerprint density at radius 2 is 2.07 bits per heavy atom. The Bertz CT molecular complexity index is 852. The molecule has 0 saturated heterocycles. The van der Waals surface area contributed by atoms with Gasteiger partial charge in [0.25, 0.3) is 5.91 Å². The van der Waals surface area contributed by atoms with E-state index in [1.807, 2.05) is 6.92 Å². The number of thiophene rings is 1. The molecule has 7 nitrogen and oxygen atoms in total. The van der Waals surface area contributed by atoms with E-state index in [4.69, 9.17) is 9.15 Å². The van der Waals surface area contributed by atoms with E-state index in [1.165, 1.54) is 17.6 Å². The zero-order valence-electron chi connectivity index (χ0n) is 15.5. The highest BCUT2D eigenvalue weighted by Crippen LogP contribution is 2.36. The molecule has 2 amide bonds. The first-order valence-electron chi connectivity index (χ1n) is 8.77. The molecule has 8 heteroatoms. The lowest BCUT2D eigenvalue weighted by Gasteiger charge is -2.12. The topological polar surface area (TPSA) is 97.6 Å². The lowest BCUT2D eigenvalue weighted by atomic mass is 10.1. The van der Waals surface area contributed by atoms with E-state index in [9.17, 15) is 14.4 Å². The van der Waals surface area contributed by atoms with Crippen LogP contribution in [-0.2, 0) is 14.3 Å². The van der Waals surface area contributed by atoms with Gasteiger partial charge in [0.1, 0.15) is 10.8 Å². The van der Waals surface area contributed by atoms with Gasteiger partial charge in [-0.15, -0.1) is 11.3 Å². The Labute approximate surface area is 161 Å². The third-order valence-electron chi connectivity index (χ3n) is 4.46. The molecule has 2 heterocycles. The number of hydrogen-bond donors (Lipinski definition) is 2. The van der Waals surface area contributed by atoms with Gasteiger partial charge in [-0.3, -0.25) is 9.59 Å². The van der Waals surface area contributed by atoms with Gasteiger partial charge in [0.15, 0.2) is 6.61 Å². The zero-order valence-corrected chi connectivity index (χ0v) is 16.3. The number of amides is 2. The fourth-order valence-corrected chi connectivity index (χ4v) is 3.67. The second kappa shape index (κ2) is 7.96. The minimum Gasteiger partial charge on any atom is -0.467 e. The molecule has 3 rings (SSSR count). The van der Waals surface area contributed by atoms with E-state index in [0.29, 0.717) is 16.3 Å². The van der Waals surface area contributed by atoms with Crippen LogP contribution in [0.2, 0.25) is 0 Å². The van der Waals surface area contributed by atoms with Gasteiger partial charge in [0.2, 0.25) is 5.91 Å². The summed E-state index contributed by atoms with van der Waals surface area (Å²) in [7, 11) is 0. The van der Waals surface area contributed by atoms with Gasteiger partial charge in [-0.1, -0.05) is 0 Å². The second-order valence-corrected chi connectivity index (χ2v) is 7.86. The molecule has 1 aliphatic rings. The summed E-state index contributed by atoms with van der Waals surface area (Å²) < 4.78 is 10.4. The van der Waals surface area contributed by atoms with Gasteiger partial charge in [-0.25, -0.2) is 4.79 Å². The SMILES string of the molecule is Cc1sc(NC(=O)C2CC2)c(C(=O)OCC(=O)N[C@@H](C)c2ccco2)c1C. The van der Waals surface area contributed by atoms with E-state index >= 15 is 0 Å². The van der Waals surface area contributed by atoms with Crippen LogP contribution in [0.15, 0.2) is 22.8 Å². The summed E-state index contributed by atoms with van der Waals surface area (Å²) in [6.45, 7) is 5.04. The number of esters is 1. The molecule has 2 N–H and O–H groups in total. The number of carbonyl (C=O) groups excluding carboxylic acids is 3. The minimum atomic E-state index is -0.622. The van der Waals surface area contributed by atoms with Crippen LogP contribution < -0.4 is 10.6 Å². The van der Waals surface area contributed by atoms with Crippen molar-refractivity contribution < 1.29 is 23.5 Å². The fraction of sp³-hybridized carbons (Fsp3) is 0.421. The van der Waals surface area contributed by atoms with E-state index in [0.717, 1.165) is 23.3 Å². The molecular formula is C19H22N2O5S. The third-order valence-corrected chi connectivity index (χ3v) is 5.58. The molecule has 0 spiro atoms. The Balaban J connectivity index is 1.60. The lowest BCUT2D eigenvalue weighted by molar-refractivity contribution is -0.125. The van der Waals surface area contributed by atoms with Gasteiger partial charge >= 0.3 is 5.97 Å². The predicted octanol–water partition coefficient (Wildman–Crippen LogP) is 3.34. The molecule has 0 unspecified atom stereocenters. The fourth-order valence-electron chi connectivity index (χ4n) is 2.62. The van der Waals surface area contributed by atoms with Crippen molar-refractivity contribution in [2.75, 3.05) is 11.9 Å². The molecule has 1 aliphatic carbocycles. The Morgan fingerprint density at radius 3 is 2.70 bits per heavy atom. The average Bonchev–Trinajstić information content (AvgIpc) is 3.26. The van der Waals surface area contributed by atoms with Gasteiger partial charge in [-0.2, -0.15) is 0 Å². The number of aryl methyl sites for hydroxylation is 1. The van der Waals surface area contributed by atoms with Crippen molar-refractivity contribution in [2.45, 2.75) is 39.7 Å². The van der Waals surface area contributed by atoms with Crippen molar-refractivity contribution >= 4 is 34.1 Å². The summed E-state index contributed by atoms with van der Waals surface area (Å²) in [6, 6.07) is 3.16. The number of rotatable bonds is 7. The predicted molar refractivity (Wildman–Crippen MR) is 101 cm³/mol. The van der Waals surface area contributed by atoms with E-state index < -0.39 is 18.5 Å². The molecule has 2 aromatic heterocycles. The number of carbonyl (C=O) groups is 3. The highest BCUT2D eigenvalue weighted by molar-refractivity contribution is 7.16. The van der Waals surface area contributed by atoms with E-state index in [2.05, 4.69) is 10.6 Å². The van der Waals surface area contributed by atoms with E-state index in [1.54, 1.807) is 26.0 Å². The summed E-state index contributed by atoms with van der Waals surface area (Å²) in [5.41, 5.74) is 1.07. The van der Waals surface area contributed by atoms with Gasteiger partial charge < -0.3 is 19.8 Å². The number of nitrogens with one attached hydrogen (secondary N) is 2. The molecular weight excluding hydrogens is 368 g/mol. The third kappa shape index (κ3) is 4.57. The van der Waals surface area contributed by atoms with Crippen LogP contribution in [0.4, 0.5) is 5.00 Å². The van der Waals surface area contributed by atoms with E-state index in [-0.39, 0.29) is 17.9 Å². The van der Waals surface area contributed by atoms with Crippen molar-refractivity contribution in [2.24, 2.45) is 5.92 Å². The maximum absolute atomic E-state index is 12.5. The molecule has 0 radical (unpaired) electrons. The van der Waals surface area contributed by atoms with Gasteiger partial charge in [-0.05, 0) is 51.3 Å². The minimum absolute atomic E-state index is 0.0328. The summed E-state index contributed by atoms with van der Waals surface area (Å²) in [6.07, 6.45) is 3.28. The van der Waals surface area contributed by atoms with Crippen molar-refractivity contribution in [3.8, 4) is 0 Å². The van der Waals surface area contributed by atoms with Crippen molar-refractivity contribution in [1.29, 1.82) is 0 Å². The van der Waals surface area contributed by atoms with Crippen molar-refractivity contribution in [3.63, 3.8) is 0 Å². The zero-order chi connectivity index (χ0) is 19.6. The van der Waals surface area contributed by atoms with Crippen LogP contribution in [0.3, 0.4) is 0 Å². The molecule has 2 aromatic rings. The van der Waals surface area contributed by atoms with Crippen LogP contribution >= 0.6 is 11.3 Å². The first-order valence-corrected chi connectivity index (χ1v) is 9.59. The highest BCUT2D eigenvalue weighted by Gasteiger charge is 2.31. The largest absolute Gasteiger partial charge is 0.467 e. The first kappa shape index (κ1) is 19.2. The van der Waals surface area contributed by atoms with Gasteiger partial charge in [0.05, 0.1) is 17.9 Å². The number of ether oxygens (including phenoxy) is 1. The number of hydrogen-bond acceptors (Lipinski definition) is 6. The molecule has 0 aliphatic heterocycles.